The predicted octanol–water partition coefficient (Wildman–Crippen LogP) is 2.93. The Morgan fingerprint density at radius 2 is 1.95 bits per heavy atom. The van der Waals surface area contributed by atoms with Crippen LogP contribution >= 0.6 is 0 Å². The maximum absolute atomic E-state index is 12.5. The van der Waals surface area contributed by atoms with Crippen LogP contribution in [0.1, 0.15) is 24.8 Å². The second-order valence-electron chi connectivity index (χ2n) is 5.30. The summed E-state index contributed by atoms with van der Waals surface area (Å²) in [4.78, 5) is 2.24. The molecule has 1 aromatic carbocycles. The van der Waals surface area contributed by atoms with E-state index in [1.807, 2.05) is 0 Å². The first kappa shape index (κ1) is 16.1. The van der Waals surface area contributed by atoms with Crippen molar-refractivity contribution in [3.05, 3.63) is 29.8 Å². The van der Waals surface area contributed by atoms with Gasteiger partial charge in [-0.15, -0.1) is 0 Å². The van der Waals surface area contributed by atoms with Crippen molar-refractivity contribution in [3.63, 3.8) is 0 Å². The summed E-state index contributed by atoms with van der Waals surface area (Å²) in [5, 5.41) is 9.40. The Labute approximate surface area is 122 Å². The Hall–Kier alpha value is -1.27. The minimum Gasteiger partial charge on any atom is -0.494 e. The van der Waals surface area contributed by atoms with Crippen LogP contribution in [0.3, 0.4) is 0 Å². The van der Waals surface area contributed by atoms with Crippen LogP contribution < -0.4 is 4.74 Å². The summed E-state index contributed by atoms with van der Waals surface area (Å²) in [6.45, 7) is 2.96. The van der Waals surface area contributed by atoms with Crippen LogP contribution in [0, 0.1) is 0 Å². The van der Waals surface area contributed by atoms with Gasteiger partial charge in [-0.2, -0.15) is 13.2 Å². The van der Waals surface area contributed by atoms with E-state index in [0.29, 0.717) is 6.61 Å². The van der Waals surface area contributed by atoms with Gasteiger partial charge in [-0.25, -0.2) is 0 Å². The number of aliphatic hydroxyl groups is 1. The van der Waals surface area contributed by atoms with Gasteiger partial charge in [-0.3, -0.25) is 0 Å². The number of hydrogen-bond acceptors (Lipinski definition) is 3. The second-order valence-corrected chi connectivity index (χ2v) is 5.30. The smallest absolute Gasteiger partial charge is 0.416 e. The number of benzene rings is 1. The van der Waals surface area contributed by atoms with Gasteiger partial charge in [0.25, 0.3) is 0 Å². The molecule has 0 spiro atoms. The highest BCUT2D eigenvalue weighted by Gasteiger charge is 2.30. The van der Waals surface area contributed by atoms with Crippen LogP contribution in [0.5, 0.6) is 5.75 Å². The summed E-state index contributed by atoms with van der Waals surface area (Å²) in [5.74, 6) is 0.249. The standard InChI is InChI=1S/C15H20F3NO2/c16-15(17,18)12-3-1-4-14(11-12)21-10-2-7-19-8-5-13(20)6-9-19/h1,3-4,11,13,20H,2,5-10H2. The van der Waals surface area contributed by atoms with Crippen LogP contribution in [-0.2, 0) is 6.18 Å². The molecule has 1 aliphatic heterocycles. The lowest BCUT2D eigenvalue weighted by atomic mass is 10.1. The monoisotopic (exact) mass is 303 g/mol. The number of alkyl halides is 3. The van der Waals surface area contributed by atoms with E-state index in [4.69, 9.17) is 4.74 Å². The van der Waals surface area contributed by atoms with Gasteiger partial charge in [0.1, 0.15) is 5.75 Å². The number of aliphatic hydroxyl groups excluding tert-OH is 1. The van der Waals surface area contributed by atoms with E-state index in [9.17, 15) is 18.3 Å². The highest BCUT2D eigenvalue weighted by molar-refractivity contribution is 5.30. The third kappa shape index (κ3) is 5.21. The van der Waals surface area contributed by atoms with Gasteiger partial charge < -0.3 is 14.7 Å². The molecule has 3 nitrogen and oxygen atoms in total. The number of piperidine rings is 1. The van der Waals surface area contributed by atoms with Crippen molar-refractivity contribution >= 4 is 0 Å². The van der Waals surface area contributed by atoms with Crippen molar-refractivity contribution in [2.45, 2.75) is 31.5 Å². The van der Waals surface area contributed by atoms with Crippen LogP contribution in [0.4, 0.5) is 13.2 Å². The number of rotatable bonds is 5. The lowest BCUT2D eigenvalue weighted by molar-refractivity contribution is -0.137. The number of likely N-dealkylation sites (tertiary alicyclic amines) is 1. The number of hydrogen-bond donors (Lipinski definition) is 1. The molecule has 1 N–H and O–H groups in total. The van der Waals surface area contributed by atoms with E-state index < -0.39 is 11.7 Å². The fourth-order valence-corrected chi connectivity index (χ4v) is 2.38. The molecular weight excluding hydrogens is 283 g/mol. The minimum atomic E-state index is -4.34. The molecule has 0 radical (unpaired) electrons. The first-order valence-electron chi connectivity index (χ1n) is 7.15. The molecule has 1 heterocycles. The van der Waals surface area contributed by atoms with E-state index >= 15 is 0 Å². The van der Waals surface area contributed by atoms with Crippen LogP contribution in [0.25, 0.3) is 0 Å². The van der Waals surface area contributed by atoms with E-state index in [0.717, 1.165) is 51.0 Å². The van der Waals surface area contributed by atoms with Crippen molar-refractivity contribution in [1.82, 2.24) is 4.90 Å². The molecule has 0 aliphatic carbocycles. The third-order valence-electron chi connectivity index (χ3n) is 3.61. The zero-order valence-corrected chi connectivity index (χ0v) is 11.8. The summed E-state index contributed by atoms with van der Waals surface area (Å²) in [7, 11) is 0. The van der Waals surface area contributed by atoms with Crippen molar-refractivity contribution in [2.24, 2.45) is 0 Å². The molecule has 1 aliphatic rings. The molecule has 0 bridgehead atoms. The first-order valence-corrected chi connectivity index (χ1v) is 7.15. The molecule has 1 aromatic rings. The summed E-state index contributed by atoms with van der Waals surface area (Å²) in [5.41, 5.74) is -0.690. The molecule has 0 amide bonds. The number of halogens is 3. The number of ether oxygens (including phenoxy) is 1. The maximum atomic E-state index is 12.5. The fourth-order valence-electron chi connectivity index (χ4n) is 2.38. The Bertz CT molecular complexity index is 443. The molecule has 1 fully saturated rings. The largest absolute Gasteiger partial charge is 0.494 e. The molecule has 0 aromatic heterocycles. The van der Waals surface area contributed by atoms with Gasteiger partial charge in [0, 0.05) is 19.6 Å². The molecule has 2 rings (SSSR count). The lowest BCUT2D eigenvalue weighted by Crippen LogP contribution is -2.36. The zero-order chi connectivity index (χ0) is 15.3. The molecule has 0 unspecified atom stereocenters. The van der Waals surface area contributed by atoms with Crippen LogP contribution in [-0.4, -0.2) is 42.4 Å². The molecule has 21 heavy (non-hydrogen) atoms. The van der Waals surface area contributed by atoms with Gasteiger partial charge in [0.05, 0.1) is 18.3 Å². The van der Waals surface area contributed by atoms with Gasteiger partial charge in [-0.1, -0.05) is 6.07 Å². The normalized spacial score (nSPS) is 17.9. The van der Waals surface area contributed by atoms with Crippen molar-refractivity contribution in [3.8, 4) is 5.75 Å². The second kappa shape index (κ2) is 7.13. The summed E-state index contributed by atoms with van der Waals surface area (Å²) in [6, 6.07) is 4.94. The fraction of sp³-hybridized carbons (Fsp3) is 0.600. The van der Waals surface area contributed by atoms with E-state index in [1.54, 1.807) is 0 Å². The molecule has 0 atom stereocenters. The van der Waals surface area contributed by atoms with Crippen LogP contribution in [0.15, 0.2) is 24.3 Å². The first-order chi connectivity index (χ1) is 9.95. The van der Waals surface area contributed by atoms with E-state index in [1.165, 1.54) is 12.1 Å². The highest BCUT2D eigenvalue weighted by Crippen LogP contribution is 2.31. The summed E-state index contributed by atoms with van der Waals surface area (Å²) in [6.07, 6.45) is -2.20. The lowest BCUT2D eigenvalue weighted by Gasteiger charge is -2.29. The molecule has 118 valence electrons. The Balaban J connectivity index is 1.71. The average Bonchev–Trinajstić information content (AvgIpc) is 2.45. The van der Waals surface area contributed by atoms with Crippen molar-refractivity contribution in [2.75, 3.05) is 26.2 Å². The molecule has 0 saturated carbocycles. The maximum Gasteiger partial charge on any atom is 0.416 e. The quantitative estimate of drug-likeness (QED) is 0.849. The van der Waals surface area contributed by atoms with Crippen molar-refractivity contribution < 1.29 is 23.0 Å². The molecule has 6 heteroatoms. The Morgan fingerprint density at radius 1 is 1.24 bits per heavy atom. The highest BCUT2D eigenvalue weighted by atomic mass is 19.4. The Kier molecular flexibility index (Phi) is 5.47. The van der Waals surface area contributed by atoms with Gasteiger partial charge >= 0.3 is 6.18 Å². The van der Waals surface area contributed by atoms with Gasteiger partial charge in [0.2, 0.25) is 0 Å². The van der Waals surface area contributed by atoms with Crippen molar-refractivity contribution in [1.29, 1.82) is 0 Å². The van der Waals surface area contributed by atoms with E-state index in [-0.39, 0.29) is 11.9 Å². The predicted molar refractivity (Wildman–Crippen MR) is 73.2 cm³/mol. The van der Waals surface area contributed by atoms with E-state index in [2.05, 4.69) is 4.90 Å². The van der Waals surface area contributed by atoms with Crippen LogP contribution in [0.2, 0.25) is 0 Å². The third-order valence-corrected chi connectivity index (χ3v) is 3.61. The topological polar surface area (TPSA) is 32.7 Å². The minimum absolute atomic E-state index is 0.192. The number of nitrogens with zero attached hydrogens (tertiary/aromatic N) is 1. The zero-order valence-electron chi connectivity index (χ0n) is 11.8. The summed E-state index contributed by atoms with van der Waals surface area (Å²) >= 11 is 0. The summed E-state index contributed by atoms with van der Waals surface area (Å²) < 4.78 is 43.0. The van der Waals surface area contributed by atoms with Gasteiger partial charge in [0.15, 0.2) is 0 Å². The average molecular weight is 303 g/mol. The SMILES string of the molecule is OC1CCN(CCCOc2cccc(C(F)(F)F)c2)CC1. The Morgan fingerprint density at radius 3 is 2.62 bits per heavy atom. The van der Waals surface area contributed by atoms with Gasteiger partial charge in [-0.05, 0) is 37.5 Å². The molecule has 1 saturated heterocycles. The molecular formula is C15H20F3NO2.